The molecule has 3 aromatic rings. The minimum atomic E-state index is -2.46. The van der Waals surface area contributed by atoms with Gasteiger partial charge in [0.15, 0.2) is 11.6 Å². The van der Waals surface area contributed by atoms with E-state index in [0.29, 0.717) is 24.6 Å². The summed E-state index contributed by atoms with van der Waals surface area (Å²) in [7, 11) is 0. The number of hydrogen-bond donors (Lipinski definition) is 3. The summed E-state index contributed by atoms with van der Waals surface area (Å²) in [4.78, 5) is 22.8. The molecule has 1 saturated heterocycles. The molecule has 2 aromatic carbocycles. The number of amides is 1. The number of hydrogen-bond acceptors (Lipinski definition) is 6. The van der Waals surface area contributed by atoms with Gasteiger partial charge in [0.1, 0.15) is 0 Å². The van der Waals surface area contributed by atoms with E-state index in [9.17, 15) is 13.6 Å². The Morgan fingerprint density at radius 1 is 1.03 bits per heavy atom. The summed E-state index contributed by atoms with van der Waals surface area (Å²) in [5, 5.41) is 6.88. The maximum Gasteiger partial charge on any atom is 0.263 e. The Hall–Kier alpha value is -3.33. The number of fused-ring (bicyclic) bond motifs is 1. The Morgan fingerprint density at radius 3 is 2.27 bits per heavy atom. The summed E-state index contributed by atoms with van der Waals surface area (Å²) < 4.78 is 25.5. The third kappa shape index (κ3) is 6.13. The summed E-state index contributed by atoms with van der Waals surface area (Å²) in [5.74, 6) is 1.05. The van der Waals surface area contributed by atoms with Crippen LogP contribution in [0.1, 0.15) is 30.4 Å². The van der Waals surface area contributed by atoms with Crippen molar-refractivity contribution in [2.24, 2.45) is 5.73 Å². The van der Waals surface area contributed by atoms with Crippen molar-refractivity contribution in [1.82, 2.24) is 14.9 Å². The number of piperidine rings is 1. The quantitative estimate of drug-likeness (QED) is 0.457. The van der Waals surface area contributed by atoms with Gasteiger partial charge < -0.3 is 16.4 Å². The number of carbonyl (C=O) groups is 1. The first-order valence-electron chi connectivity index (χ1n) is 11.1. The highest BCUT2D eigenvalue weighted by Gasteiger charge is 2.22. The zero-order chi connectivity index (χ0) is 23.2. The van der Waals surface area contributed by atoms with Crippen molar-refractivity contribution in [3.05, 3.63) is 59.7 Å². The van der Waals surface area contributed by atoms with E-state index in [2.05, 4.69) is 15.5 Å². The first-order valence-corrected chi connectivity index (χ1v) is 11.1. The average molecular weight is 455 g/mol. The molecule has 174 valence electrons. The number of rotatable bonds is 9. The molecule has 7 nitrogen and oxygen atoms in total. The standard InChI is InChI=1S/C24H28F2N6O/c25-22(26)17-7-5-16(6-8-17)9-12-28-23-24(31-20-4-2-1-3-19(20)30-23)29-18-10-13-32(14-11-18)15-21(27)33/h1-8,18,22H,9-15H2,(H2,27,33)(H,28,30)(H,29,31). The van der Waals surface area contributed by atoms with Crippen LogP contribution < -0.4 is 16.4 Å². The highest BCUT2D eigenvalue weighted by atomic mass is 19.3. The Kier molecular flexibility index (Phi) is 7.29. The van der Waals surface area contributed by atoms with Gasteiger partial charge in [0, 0.05) is 31.2 Å². The smallest absolute Gasteiger partial charge is 0.263 e. The van der Waals surface area contributed by atoms with Crippen LogP contribution in [0.5, 0.6) is 0 Å². The lowest BCUT2D eigenvalue weighted by Crippen LogP contribution is -2.43. The molecule has 0 spiro atoms. The number of nitrogens with one attached hydrogen (secondary N) is 2. The Morgan fingerprint density at radius 2 is 1.67 bits per heavy atom. The van der Waals surface area contributed by atoms with E-state index < -0.39 is 6.43 Å². The van der Waals surface area contributed by atoms with Gasteiger partial charge in [0.25, 0.3) is 6.43 Å². The molecule has 1 amide bonds. The largest absolute Gasteiger partial charge is 0.369 e. The van der Waals surface area contributed by atoms with Gasteiger partial charge in [0.05, 0.1) is 17.6 Å². The van der Waals surface area contributed by atoms with E-state index >= 15 is 0 Å². The second-order valence-electron chi connectivity index (χ2n) is 8.29. The third-order valence-corrected chi connectivity index (χ3v) is 5.82. The van der Waals surface area contributed by atoms with E-state index in [4.69, 9.17) is 15.7 Å². The molecular weight excluding hydrogens is 426 g/mol. The van der Waals surface area contributed by atoms with Gasteiger partial charge >= 0.3 is 0 Å². The lowest BCUT2D eigenvalue weighted by Gasteiger charge is -2.32. The van der Waals surface area contributed by atoms with Crippen molar-refractivity contribution >= 4 is 28.6 Å². The van der Waals surface area contributed by atoms with Crippen molar-refractivity contribution in [3.8, 4) is 0 Å². The van der Waals surface area contributed by atoms with Crippen LogP contribution in [-0.4, -0.2) is 53.0 Å². The number of halogens is 2. The van der Waals surface area contributed by atoms with E-state index in [1.807, 2.05) is 24.3 Å². The number of likely N-dealkylation sites (tertiary alicyclic amines) is 1. The van der Waals surface area contributed by atoms with Gasteiger partial charge in [-0.15, -0.1) is 0 Å². The molecule has 2 heterocycles. The van der Waals surface area contributed by atoms with Crippen molar-refractivity contribution in [3.63, 3.8) is 0 Å². The SMILES string of the molecule is NC(=O)CN1CCC(Nc2nc3ccccc3nc2NCCc2ccc(C(F)F)cc2)CC1. The molecule has 9 heteroatoms. The molecule has 0 bridgehead atoms. The zero-order valence-corrected chi connectivity index (χ0v) is 18.3. The van der Waals surface area contributed by atoms with Crippen molar-refractivity contribution in [2.45, 2.75) is 31.7 Å². The highest BCUT2D eigenvalue weighted by molar-refractivity contribution is 5.80. The highest BCUT2D eigenvalue weighted by Crippen LogP contribution is 2.25. The van der Waals surface area contributed by atoms with Gasteiger partial charge in [-0.2, -0.15) is 0 Å². The topological polar surface area (TPSA) is 96.2 Å². The van der Waals surface area contributed by atoms with Gasteiger partial charge in [-0.3, -0.25) is 9.69 Å². The van der Waals surface area contributed by atoms with E-state index in [1.54, 1.807) is 12.1 Å². The van der Waals surface area contributed by atoms with Crippen LogP contribution in [0.3, 0.4) is 0 Å². The van der Waals surface area contributed by atoms with Crippen LogP contribution in [0, 0.1) is 0 Å². The molecule has 0 saturated carbocycles. The second-order valence-corrected chi connectivity index (χ2v) is 8.29. The van der Waals surface area contributed by atoms with Gasteiger partial charge in [0.2, 0.25) is 5.91 Å². The summed E-state index contributed by atoms with van der Waals surface area (Å²) in [6, 6.07) is 14.3. The van der Waals surface area contributed by atoms with Crippen LogP contribution >= 0.6 is 0 Å². The first-order chi connectivity index (χ1) is 16.0. The number of aromatic nitrogens is 2. The number of carbonyl (C=O) groups excluding carboxylic acids is 1. The molecule has 4 N–H and O–H groups in total. The van der Waals surface area contributed by atoms with Crippen LogP contribution in [0.15, 0.2) is 48.5 Å². The summed E-state index contributed by atoms with van der Waals surface area (Å²) in [6.07, 6.45) is -0.0420. The van der Waals surface area contributed by atoms with Crippen LogP contribution in [0.2, 0.25) is 0 Å². The molecule has 0 unspecified atom stereocenters. The fourth-order valence-electron chi connectivity index (χ4n) is 4.03. The number of primary amides is 1. The van der Waals surface area contributed by atoms with Crippen molar-refractivity contribution < 1.29 is 13.6 Å². The number of alkyl halides is 2. The predicted molar refractivity (Wildman–Crippen MR) is 125 cm³/mol. The molecule has 1 aliphatic heterocycles. The van der Waals surface area contributed by atoms with Crippen molar-refractivity contribution in [2.75, 3.05) is 36.8 Å². The Labute approximate surface area is 191 Å². The lowest BCUT2D eigenvalue weighted by molar-refractivity contribution is -0.119. The van der Waals surface area contributed by atoms with Crippen LogP contribution in [0.25, 0.3) is 11.0 Å². The fourth-order valence-corrected chi connectivity index (χ4v) is 4.03. The predicted octanol–water partition coefficient (Wildman–Crippen LogP) is 3.58. The normalized spacial score (nSPS) is 15.1. The molecule has 33 heavy (non-hydrogen) atoms. The third-order valence-electron chi connectivity index (χ3n) is 5.82. The molecule has 1 fully saturated rings. The van der Waals surface area contributed by atoms with Gasteiger partial charge in [-0.25, -0.2) is 18.7 Å². The average Bonchev–Trinajstić information content (AvgIpc) is 2.80. The van der Waals surface area contributed by atoms with E-state index in [0.717, 1.165) is 42.5 Å². The molecule has 0 aliphatic carbocycles. The van der Waals surface area contributed by atoms with Crippen LogP contribution in [-0.2, 0) is 11.2 Å². The fraction of sp³-hybridized carbons (Fsp3) is 0.375. The number of para-hydroxylation sites is 2. The summed E-state index contributed by atoms with van der Waals surface area (Å²) in [5.41, 5.74) is 7.90. The Bertz CT molecular complexity index is 1080. The molecular formula is C24H28F2N6O. The van der Waals surface area contributed by atoms with E-state index in [1.165, 1.54) is 12.1 Å². The summed E-state index contributed by atoms with van der Waals surface area (Å²) in [6.45, 7) is 2.46. The van der Waals surface area contributed by atoms with Gasteiger partial charge in [-0.1, -0.05) is 36.4 Å². The maximum absolute atomic E-state index is 12.8. The minimum absolute atomic E-state index is 0.0282. The molecule has 0 radical (unpaired) electrons. The number of nitrogens with zero attached hydrogens (tertiary/aromatic N) is 3. The Balaban J connectivity index is 1.43. The maximum atomic E-state index is 12.8. The second kappa shape index (κ2) is 10.5. The molecule has 0 atom stereocenters. The first kappa shape index (κ1) is 22.8. The number of anilines is 2. The van der Waals surface area contributed by atoms with Crippen LogP contribution in [0.4, 0.5) is 20.4 Å². The zero-order valence-electron chi connectivity index (χ0n) is 18.3. The van der Waals surface area contributed by atoms with E-state index in [-0.39, 0.29) is 24.1 Å². The minimum Gasteiger partial charge on any atom is -0.369 e. The van der Waals surface area contributed by atoms with Gasteiger partial charge in [-0.05, 0) is 37.0 Å². The van der Waals surface area contributed by atoms with Crippen molar-refractivity contribution in [1.29, 1.82) is 0 Å². The summed E-state index contributed by atoms with van der Waals surface area (Å²) >= 11 is 0. The molecule has 1 aliphatic rings. The lowest BCUT2D eigenvalue weighted by atomic mass is 10.1. The number of nitrogens with two attached hydrogens (primary N) is 1. The molecule has 1 aromatic heterocycles. The number of benzene rings is 2. The monoisotopic (exact) mass is 454 g/mol. The molecule has 4 rings (SSSR count).